The predicted octanol–water partition coefficient (Wildman–Crippen LogP) is 6.75. The van der Waals surface area contributed by atoms with Crippen molar-refractivity contribution in [2.45, 2.75) is 33.5 Å². The molecular weight excluding hydrogens is 1120 g/mol. The van der Waals surface area contributed by atoms with Gasteiger partial charge in [0.15, 0.2) is 11.6 Å². The number of hydrogen-bond acceptors (Lipinski definition) is 15. The molecule has 85 heavy (non-hydrogen) atoms. The van der Waals surface area contributed by atoms with E-state index in [1.807, 2.05) is 0 Å². The zero-order chi connectivity index (χ0) is 62.8. The lowest BCUT2D eigenvalue weighted by molar-refractivity contribution is -0.610. The molecule has 8 aromatic rings. The van der Waals surface area contributed by atoms with Crippen LogP contribution in [0, 0.1) is 22.7 Å². The maximum absolute atomic E-state index is 12.7. The highest BCUT2D eigenvalue weighted by Crippen LogP contribution is 2.08. The van der Waals surface area contributed by atoms with Crippen LogP contribution in [-0.2, 0) is 19.6 Å². The molecule has 3 aromatic carbocycles. The van der Waals surface area contributed by atoms with Gasteiger partial charge in [-0.2, -0.15) is 4.73 Å². The summed E-state index contributed by atoms with van der Waals surface area (Å²) in [6.07, 6.45) is 0. The Kier molecular flexibility index (Phi) is 25.0. The van der Waals surface area contributed by atoms with Crippen LogP contribution in [-0.4, -0.2) is 105 Å². The van der Waals surface area contributed by atoms with Gasteiger partial charge in [0.05, 0.1) is 0 Å². The first kappa shape index (κ1) is 65.6. The number of benzene rings is 3. The minimum absolute atomic E-state index is 0.0204. The number of carbonyl (C=O) groups is 10. The molecule has 27 heteroatoms. The highest BCUT2D eigenvalue weighted by atomic mass is 19.1. The van der Waals surface area contributed by atoms with Crippen LogP contribution in [0.15, 0.2) is 164 Å². The van der Waals surface area contributed by atoms with E-state index >= 15 is 0 Å². The summed E-state index contributed by atoms with van der Waals surface area (Å²) in [7, 11) is 0. The Labute approximate surface area is 478 Å². The molecule has 0 aliphatic heterocycles. The van der Waals surface area contributed by atoms with Crippen LogP contribution in [0.5, 0.6) is 0 Å². The molecule has 0 saturated carbocycles. The van der Waals surface area contributed by atoms with E-state index in [9.17, 15) is 66.3 Å². The van der Waals surface area contributed by atoms with Crippen molar-refractivity contribution in [2.75, 3.05) is 0 Å². The molecule has 5 heterocycles. The van der Waals surface area contributed by atoms with Crippen molar-refractivity contribution in [2.24, 2.45) is 0 Å². The minimum Gasteiger partial charge on any atom is -0.618 e. The molecule has 0 aliphatic carbocycles. The fourth-order valence-electron chi connectivity index (χ4n) is 6.31. The van der Waals surface area contributed by atoms with Gasteiger partial charge in [-0.1, -0.05) is 60.7 Å². The molecule has 5 aromatic heterocycles. The molecule has 0 bridgehead atoms. The molecular formula is C58H47F3N8O16. The van der Waals surface area contributed by atoms with E-state index < -0.39 is 53.2 Å². The lowest BCUT2D eigenvalue weighted by Gasteiger charge is -2.07. The summed E-state index contributed by atoms with van der Waals surface area (Å²) in [5.74, 6) is -9.29. The normalized spacial score (nSPS) is 9.89. The number of aromatic nitrogens is 5. The Morgan fingerprint density at radius 3 is 0.906 bits per heavy atom. The number of carboxylic acid groups (broad SMARTS) is 5. The van der Waals surface area contributed by atoms with Crippen molar-refractivity contribution < 1.29 is 91.4 Å². The van der Waals surface area contributed by atoms with Crippen molar-refractivity contribution in [1.82, 2.24) is 35.9 Å². The van der Waals surface area contributed by atoms with Gasteiger partial charge < -0.3 is 46.7 Å². The number of carboxylic acids is 5. The Hall–Kier alpha value is -11.9. The van der Waals surface area contributed by atoms with Crippen LogP contribution in [0.1, 0.15) is 135 Å². The summed E-state index contributed by atoms with van der Waals surface area (Å²) in [5, 5.41) is 62.5. The van der Waals surface area contributed by atoms with E-state index in [1.54, 1.807) is 36.4 Å². The van der Waals surface area contributed by atoms with E-state index in [0.29, 0.717) is 5.56 Å². The SMILES string of the molecule is CC(=O)c1cccc(C(=O)NCc2ccc(F)cc2)n1.CC(=O)c1cccc(C(=O)O)n1.O=C(O)c1cccc(C(=O)NCc2ccc(F)cc2)[n+]1[O-].O=C(O)c1cccc(C(=O)NCc2ccc(F)cc2)n1.O=C(O)c1cccc(C(=O)O)n1. The summed E-state index contributed by atoms with van der Waals surface area (Å²) in [6.45, 7) is 3.30. The summed E-state index contributed by atoms with van der Waals surface area (Å²) >= 11 is 0. The maximum atomic E-state index is 12.7. The lowest BCUT2D eigenvalue weighted by Crippen LogP contribution is -2.43. The standard InChI is InChI=1S/C15H13FN2O2.C14H11FN2O4.C14H11FN2O3.C8H7NO3.C7H5NO4/c1-10(19)13-3-2-4-14(18-13)15(20)17-9-11-5-7-12(16)8-6-11;15-10-6-4-9(5-7-10)8-16-13(18)11-2-1-3-12(14(19)20)17(11)21;15-10-6-4-9(5-7-10)8-16-13(18)11-2-1-3-12(17-11)14(19)20;1-5(10)6-3-2-4-7(9-6)8(11)12;9-6(10)4-2-1-3-5(8-4)7(11)12/h2-8H,9H2,1H3,(H,17,20);1-7H,8H2,(H,16,18)(H,19,20);1-7H,8H2,(H,16,18)(H,19,20);2-4H,1H3,(H,11,12);1-3H,(H,9,10)(H,11,12). The number of rotatable bonds is 16. The van der Waals surface area contributed by atoms with Gasteiger partial charge in [0.1, 0.15) is 63.0 Å². The zero-order valence-electron chi connectivity index (χ0n) is 44.3. The molecule has 0 saturated heterocycles. The van der Waals surface area contributed by atoms with Gasteiger partial charge in [-0.25, -0.2) is 57.1 Å². The number of pyridine rings is 5. The first-order valence-electron chi connectivity index (χ1n) is 24.2. The van der Waals surface area contributed by atoms with Crippen LogP contribution in [0.3, 0.4) is 0 Å². The fraction of sp³-hybridized carbons (Fsp3) is 0.0862. The van der Waals surface area contributed by atoms with Gasteiger partial charge in [-0.05, 0) is 108 Å². The molecule has 0 spiro atoms. The molecule has 0 radical (unpaired) electrons. The molecule has 24 nitrogen and oxygen atoms in total. The van der Waals surface area contributed by atoms with E-state index in [1.165, 1.54) is 135 Å². The van der Waals surface area contributed by atoms with Gasteiger partial charge >= 0.3 is 41.4 Å². The smallest absolute Gasteiger partial charge is 0.402 e. The van der Waals surface area contributed by atoms with Gasteiger partial charge in [-0.3, -0.25) is 24.0 Å². The maximum Gasteiger partial charge on any atom is 0.402 e. The molecule has 0 unspecified atom stereocenters. The van der Waals surface area contributed by atoms with E-state index in [2.05, 4.69) is 35.9 Å². The molecule has 0 fully saturated rings. The van der Waals surface area contributed by atoms with Crippen LogP contribution in [0.2, 0.25) is 0 Å². The summed E-state index contributed by atoms with van der Waals surface area (Å²) in [4.78, 5) is 125. The van der Waals surface area contributed by atoms with Crippen molar-refractivity contribution in [1.29, 1.82) is 0 Å². The number of halogens is 3. The number of amides is 3. The molecule has 0 atom stereocenters. The average molecular weight is 1170 g/mol. The van der Waals surface area contributed by atoms with Crippen LogP contribution >= 0.6 is 0 Å². The van der Waals surface area contributed by atoms with Crippen LogP contribution in [0.25, 0.3) is 0 Å². The number of nitrogens with one attached hydrogen (secondary N) is 3. The second-order valence-electron chi connectivity index (χ2n) is 16.8. The Morgan fingerprint density at radius 1 is 0.353 bits per heavy atom. The number of Topliss-reactive ketones (excluding diaryl/α,β-unsaturated/α-hetero) is 2. The molecule has 436 valence electrons. The number of aromatic carboxylic acids is 5. The Morgan fingerprint density at radius 2 is 0.600 bits per heavy atom. The fourth-order valence-corrected chi connectivity index (χ4v) is 6.31. The van der Waals surface area contributed by atoms with Crippen LogP contribution < -0.4 is 20.7 Å². The summed E-state index contributed by atoms with van der Waals surface area (Å²) in [5.41, 5.74) is 1.09. The van der Waals surface area contributed by atoms with Gasteiger partial charge in [0, 0.05) is 45.6 Å². The molecule has 8 rings (SSSR count). The van der Waals surface area contributed by atoms with Gasteiger partial charge in [0.25, 0.3) is 17.5 Å². The second-order valence-corrected chi connectivity index (χ2v) is 16.8. The summed E-state index contributed by atoms with van der Waals surface area (Å²) < 4.78 is 38.3. The number of ketones is 2. The predicted molar refractivity (Wildman–Crippen MR) is 290 cm³/mol. The van der Waals surface area contributed by atoms with E-state index in [-0.39, 0.29) is 105 Å². The van der Waals surface area contributed by atoms with Gasteiger partial charge in [-0.15, -0.1) is 0 Å². The first-order chi connectivity index (χ1) is 40.3. The second kappa shape index (κ2) is 32.4. The van der Waals surface area contributed by atoms with Crippen molar-refractivity contribution in [3.05, 3.63) is 260 Å². The third kappa shape index (κ3) is 21.9. The van der Waals surface area contributed by atoms with E-state index in [0.717, 1.165) is 17.2 Å². The summed E-state index contributed by atoms with van der Waals surface area (Å²) in [6, 6.07) is 37.6. The van der Waals surface area contributed by atoms with E-state index in [4.69, 9.17) is 25.5 Å². The molecule has 3 amide bonds. The largest absolute Gasteiger partial charge is 0.618 e. The monoisotopic (exact) mass is 1170 g/mol. The number of hydrogen-bond donors (Lipinski definition) is 8. The minimum atomic E-state index is -1.42. The highest BCUT2D eigenvalue weighted by Gasteiger charge is 2.23. The quantitative estimate of drug-likeness (QED) is 0.0282. The molecule has 8 N–H and O–H groups in total. The highest BCUT2D eigenvalue weighted by molar-refractivity contribution is 5.97. The van der Waals surface area contributed by atoms with Crippen molar-refractivity contribution in [3.8, 4) is 0 Å². The third-order valence-corrected chi connectivity index (χ3v) is 10.6. The number of carbonyl (C=O) groups excluding carboxylic acids is 5. The van der Waals surface area contributed by atoms with Crippen molar-refractivity contribution >= 4 is 59.1 Å². The van der Waals surface area contributed by atoms with Gasteiger partial charge in [0.2, 0.25) is 0 Å². The Bertz CT molecular complexity index is 3500. The first-order valence-corrected chi connectivity index (χ1v) is 24.2. The third-order valence-electron chi connectivity index (χ3n) is 10.6. The van der Waals surface area contributed by atoms with Crippen LogP contribution in [0.4, 0.5) is 13.2 Å². The lowest BCUT2D eigenvalue weighted by atomic mass is 10.2. The molecule has 0 aliphatic rings. The number of nitrogens with zero attached hydrogens (tertiary/aromatic N) is 5. The zero-order valence-corrected chi connectivity index (χ0v) is 44.3. The van der Waals surface area contributed by atoms with Crippen molar-refractivity contribution in [3.63, 3.8) is 0 Å². The topological polar surface area (TPSA) is 386 Å². The average Bonchev–Trinajstić information content (AvgIpc) is 3.70. The Balaban J connectivity index is 0.000000232.